The summed E-state index contributed by atoms with van der Waals surface area (Å²) >= 11 is 0. The van der Waals surface area contributed by atoms with Gasteiger partial charge in [-0.15, -0.1) is 24.0 Å². The molecule has 3 aromatic rings. The Morgan fingerprint density at radius 3 is 2.72 bits per heavy atom. The van der Waals surface area contributed by atoms with Crippen molar-refractivity contribution in [2.24, 2.45) is 4.99 Å². The molecule has 0 fully saturated rings. The lowest BCUT2D eigenvalue weighted by Crippen LogP contribution is -2.39. The molecule has 2 N–H and O–H groups in total. The van der Waals surface area contributed by atoms with Crippen molar-refractivity contribution < 1.29 is 4.42 Å². The largest absolute Gasteiger partial charge is 0.444 e. The Labute approximate surface area is 189 Å². The van der Waals surface area contributed by atoms with E-state index in [1.165, 1.54) is 30.4 Å². The first-order valence-electron chi connectivity index (χ1n) is 9.85. The fourth-order valence-electron chi connectivity index (χ4n) is 3.78. The molecule has 6 heteroatoms. The van der Waals surface area contributed by atoms with Crippen LogP contribution in [0.2, 0.25) is 0 Å². The maximum atomic E-state index is 5.60. The zero-order chi connectivity index (χ0) is 19.2. The lowest BCUT2D eigenvalue weighted by atomic mass is 9.83. The van der Waals surface area contributed by atoms with E-state index in [0.29, 0.717) is 18.4 Å². The lowest BCUT2D eigenvalue weighted by molar-refractivity contribution is 0.539. The molecule has 1 aliphatic carbocycles. The number of aliphatic imine (C=N–C) groups is 1. The summed E-state index contributed by atoms with van der Waals surface area (Å²) in [5.74, 6) is 1.95. The smallest absolute Gasteiger partial charge is 0.226 e. The molecule has 1 heterocycles. The Bertz CT molecular complexity index is 939. The number of aryl methyl sites for hydroxylation is 1. The Kier molecular flexibility index (Phi) is 7.69. The van der Waals surface area contributed by atoms with E-state index in [4.69, 9.17) is 4.42 Å². The van der Waals surface area contributed by atoms with Crippen LogP contribution in [-0.4, -0.2) is 24.5 Å². The second-order valence-corrected chi connectivity index (χ2v) is 7.10. The first kappa shape index (κ1) is 21.4. The number of fused-ring (bicyclic) bond motifs is 1. The van der Waals surface area contributed by atoms with Crippen molar-refractivity contribution in [3.63, 3.8) is 0 Å². The van der Waals surface area contributed by atoms with Crippen LogP contribution in [0.4, 0.5) is 0 Å². The van der Waals surface area contributed by atoms with Gasteiger partial charge in [-0.3, -0.25) is 4.99 Å². The summed E-state index contributed by atoms with van der Waals surface area (Å²) in [4.78, 5) is 8.90. The molecule has 1 aromatic heterocycles. The number of halogens is 1. The van der Waals surface area contributed by atoms with Crippen molar-refractivity contribution >= 4 is 29.9 Å². The van der Waals surface area contributed by atoms with E-state index in [9.17, 15) is 0 Å². The second kappa shape index (κ2) is 10.4. The van der Waals surface area contributed by atoms with Crippen LogP contribution >= 0.6 is 24.0 Å². The van der Waals surface area contributed by atoms with E-state index in [1.807, 2.05) is 30.3 Å². The van der Waals surface area contributed by atoms with Gasteiger partial charge in [0.15, 0.2) is 5.96 Å². The van der Waals surface area contributed by atoms with Crippen molar-refractivity contribution in [1.82, 2.24) is 15.6 Å². The van der Waals surface area contributed by atoms with E-state index < -0.39 is 0 Å². The van der Waals surface area contributed by atoms with Gasteiger partial charge in [-0.25, -0.2) is 4.98 Å². The van der Waals surface area contributed by atoms with Crippen molar-refractivity contribution in [3.8, 4) is 11.5 Å². The van der Waals surface area contributed by atoms with Crippen molar-refractivity contribution in [1.29, 1.82) is 0 Å². The van der Waals surface area contributed by atoms with Crippen LogP contribution in [-0.2, 0) is 13.0 Å². The minimum Gasteiger partial charge on any atom is -0.444 e. The monoisotopic (exact) mass is 502 g/mol. The number of oxazole rings is 1. The molecule has 0 saturated carbocycles. The molecule has 1 unspecified atom stereocenters. The standard InChI is InChI=1S/C23H26N4O.HI/c1-24-23(25-14-19-12-7-11-17-8-5-6-13-21(17)19)26-15-20-16-28-22(27-20)18-9-3-2-4-10-18;/h2-6,8-10,13,16,19H,7,11-12,14-15H2,1H3,(H2,24,25,26);1H. The highest BCUT2D eigenvalue weighted by molar-refractivity contribution is 14.0. The molecule has 1 aliphatic rings. The van der Waals surface area contributed by atoms with Gasteiger partial charge in [0.25, 0.3) is 0 Å². The quantitative estimate of drug-likeness (QED) is 0.301. The summed E-state index contributed by atoms with van der Waals surface area (Å²) in [6.45, 7) is 1.45. The summed E-state index contributed by atoms with van der Waals surface area (Å²) in [6.07, 6.45) is 5.34. The third-order valence-electron chi connectivity index (χ3n) is 5.24. The van der Waals surface area contributed by atoms with Gasteiger partial charge in [0.2, 0.25) is 5.89 Å². The average Bonchev–Trinajstić information content (AvgIpc) is 3.24. The van der Waals surface area contributed by atoms with Gasteiger partial charge >= 0.3 is 0 Å². The van der Waals surface area contributed by atoms with Crippen LogP contribution in [0.3, 0.4) is 0 Å². The number of nitrogens with zero attached hydrogens (tertiary/aromatic N) is 2. The van der Waals surface area contributed by atoms with E-state index in [0.717, 1.165) is 23.8 Å². The topological polar surface area (TPSA) is 62.5 Å². The molecule has 29 heavy (non-hydrogen) atoms. The predicted molar refractivity (Wildman–Crippen MR) is 128 cm³/mol. The van der Waals surface area contributed by atoms with Gasteiger partial charge in [0.05, 0.1) is 12.2 Å². The van der Waals surface area contributed by atoms with E-state index in [1.54, 1.807) is 13.3 Å². The highest BCUT2D eigenvalue weighted by Gasteiger charge is 2.19. The number of guanidine groups is 1. The van der Waals surface area contributed by atoms with Crippen molar-refractivity contribution in [2.75, 3.05) is 13.6 Å². The summed E-state index contributed by atoms with van der Waals surface area (Å²) in [5.41, 5.74) is 4.79. The molecule has 0 aliphatic heterocycles. The molecule has 0 bridgehead atoms. The van der Waals surface area contributed by atoms with Crippen LogP contribution in [0.25, 0.3) is 11.5 Å². The number of rotatable bonds is 5. The SMILES string of the molecule is CN=C(NCc1coc(-c2ccccc2)n1)NCC1CCCc2ccccc21.I. The highest BCUT2D eigenvalue weighted by Crippen LogP contribution is 2.30. The van der Waals surface area contributed by atoms with Crippen LogP contribution in [0.15, 0.2) is 70.3 Å². The maximum absolute atomic E-state index is 5.60. The lowest BCUT2D eigenvalue weighted by Gasteiger charge is -2.26. The number of benzene rings is 2. The van der Waals surface area contributed by atoms with E-state index in [-0.39, 0.29) is 24.0 Å². The van der Waals surface area contributed by atoms with Crippen LogP contribution in [0.5, 0.6) is 0 Å². The van der Waals surface area contributed by atoms with Gasteiger partial charge in [-0.1, -0.05) is 42.5 Å². The Balaban J connectivity index is 0.00000240. The number of nitrogens with one attached hydrogen (secondary N) is 2. The van der Waals surface area contributed by atoms with Crippen LogP contribution in [0.1, 0.15) is 35.6 Å². The normalized spacial score (nSPS) is 15.9. The number of hydrogen-bond donors (Lipinski definition) is 2. The molecule has 4 rings (SSSR count). The summed E-state index contributed by atoms with van der Waals surface area (Å²) < 4.78 is 5.60. The van der Waals surface area contributed by atoms with Gasteiger partial charge in [0.1, 0.15) is 6.26 Å². The zero-order valence-electron chi connectivity index (χ0n) is 16.6. The fourth-order valence-corrected chi connectivity index (χ4v) is 3.78. The average molecular weight is 502 g/mol. The first-order chi connectivity index (χ1) is 13.8. The van der Waals surface area contributed by atoms with Gasteiger partial charge in [-0.05, 0) is 42.5 Å². The molecule has 0 saturated heterocycles. The second-order valence-electron chi connectivity index (χ2n) is 7.10. The minimum absolute atomic E-state index is 0. The predicted octanol–water partition coefficient (Wildman–Crippen LogP) is 4.74. The molecule has 152 valence electrons. The summed E-state index contributed by atoms with van der Waals surface area (Å²) in [7, 11) is 1.79. The highest BCUT2D eigenvalue weighted by atomic mass is 127. The van der Waals surface area contributed by atoms with E-state index in [2.05, 4.69) is 44.9 Å². The van der Waals surface area contributed by atoms with Crippen LogP contribution in [0, 0.1) is 0 Å². The minimum atomic E-state index is 0. The van der Waals surface area contributed by atoms with E-state index >= 15 is 0 Å². The molecule has 2 aromatic carbocycles. The molecule has 1 atom stereocenters. The van der Waals surface area contributed by atoms with Crippen LogP contribution < -0.4 is 10.6 Å². The Morgan fingerprint density at radius 2 is 1.90 bits per heavy atom. The summed E-state index contributed by atoms with van der Waals surface area (Å²) in [5, 5.41) is 6.80. The molecule has 5 nitrogen and oxygen atoms in total. The zero-order valence-corrected chi connectivity index (χ0v) is 18.9. The molecular weight excluding hydrogens is 475 g/mol. The van der Waals surface area contributed by atoms with Gasteiger partial charge < -0.3 is 15.1 Å². The third-order valence-corrected chi connectivity index (χ3v) is 5.24. The van der Waals surface area contributed by atoms with Gasteiger partial charge in [0, 0.05) is 25.1 Å². The molecule has 0 spiro atoms. The van der Waals surface area contributed by atoms with Crippen molar-refractivity contribution in [2.45, 2.75) is 31.7 Å². The molecule has 0 radical (unpaired) electrons. The molecular formula is C23H27IN4O. The number of hydrogen-bond acceptors (Lipinski definition) is 3. The van der Waals surface area contributed by atoms with Crippen molar-refractivity contribution in [3.05, 3.63) is 77.7 Å². The third kappa shape index (κ3) is 5.38. The number of aromatic nitrogens is 1. The fraction of sp³-hybridized carbons (Fsp3) is 0.304. The molecule has 0 amide bonds. The Hall–Kier alpha value is -2.35. The Morgan fingerprint density at radius 1 is 1.10 bits per heavy atom. The maximum Gasteiger partial charge on any atom is 0.226 e. The first-order valence-corrected chi connectivity index (χ1v) is 9.85. The summed E-state index contributed by atoms with van der Waals surface area (Å²) in [6, 6.07) is 18.7. The van der Waals surface area contributed by atoms with Gasteiger partial charge in [-0.2, -0.15) is 0 Å².